The Balaban J connectivity index is 1.13. The van der Waals surface area contributed by atoms with E-state index >= 15 is 0 Å². The van der Waals surface area contributed by atoms with Gasteiger partial charge < -0.3 is 9.42 Å². The Labute approximate surface area is 161 Å². The maximum atomic E-state index is 12.5. The van der Waals surface area contributed by atoms with Crippen molar-refractivity contribution >= 4 is 5.91 Å². The molecule has 2 aliphatic heterocycles. The van der Waals surface area contributed by atoms with Crippen LogP contribution in [0.4, 0.5) is 0 Å². The summed E-state index contributed by atoms with van der Waals surface area (Å²) in [4.78, 5) is 21.8. The van der Waals surface area contributed by atoms with Crippen LogP contribution in [-0.4, -0.2) is 52.0 Å². The van der Waals surface area contributed by atoms with E-state index in [-0.39, 0.29) is 5.92 Å². The van der Waals surface area contributed by atoms with Crippen LogP contribution in [0.15, 0.2) is 4.52 Å². The molecule has 0 N–H and O–H groups in total. The van der Waals surface area contributed by atoms with Crippen molar-refractivity contribution in [3.05, 3.63) is 11.7 Å². The summed E-state index contributed by atoms with van der Waals surface area (Å²) >= 11 is 0. The van der Waals surface area contributed by atoms with Crippen molar-refractivity contribution in [3.8, 4) is 0 Å². The Morgan fingerprint density at radius 2 is 1.81 bits per heavy atom. The smallest absolute Gasteiger partial charge is 0.244 e. The van der Waals surface area contributed by atoms with Gasteiger partial charge in [0.15, 0.2) is 5.82 Å². The Hall–Kier alpha value is -1.43. The Morgan fingerprint density at radius 3 is 2.59 bits per heavy atom. The fraction of sp³-hybridized carbons (Fsp3) is 0.857. The molecule has 1 aromatic rings. The lowest BCUT2D eigenvalue weighted by molar-refractivity contribution is -0.137. The van der Waals surface area contributed by atoms with Crippen molar-refractivity contribution in [1.82, 2.24) is 19.9 Å². The molecule has 1 aromatic heterocycles. The van der Waals surface area contributed by atoms with Gasteiger partial charge in [0.05, 0.1) is 12.0 Å². The van der Waals surface area contributed by atoms with E-state index in [1.807, 2.05) is 4.90 Å². The zero-order valence-corrected chi connectivity index (χ0v) is 16.3. The highest BCUT2D eigenvalue weighted by Gasteiger charge is 2.38. The van der Waals surface area contributed by atoms with Crippen LogP contribution >= 0.6 is 0 Å². The van der Waals surface area contributed by atoms with E-state index in [0.29, 0.717) is 17.9 Å². The average Bonchev–Trinajstić information content (AvgIpc) is 3.12. The number of carbonyl (C=O) groups excluding carboxylic acids is 1. The molecule has 2 aliphatic carbocycles. The van der Waals surface area contributed by atoms with Gasteiger partial charge in [-0.3, -0.25) is 9.69 Å². The molecular formula is C21H32N4O2. The number of carbonyl (C=O) groups is 1. The van der Waals surface area contributed by atoms with Gasteiger partial charge in [0.1, 0.15) is 0 Å². The third kappa shape index (κ3) is 3.91. The molecule has 0 aromatic carbocycles. The Morgan fingerprint density at radius 1 is 1.00 bits per heavy atom. The van der Waals surface area contributed by atoms with Crippen LogP contribution in [-0.2, 0) is 4.79 Å². The van der Waals surface area contributed by atoms with Gasteiger partial charge in [0, 0.05) is 26.1 Å². The number of aromatic nitrogens is 2. The highest BCUT2D eigenvalue weighted by atomic mass is 16.5. The molecule has 27 heavy (non-hydrogen) atoms. The van der Waals surface area contributed by atoms with E-state index in [2.05, 4.69) is 10.1 Å². The van der Waals surface area contributed by atoms with E-state index in [4.69, 9.17) is 9.51 Å². The van der Waals surface area contributed by atoms with Gasteiger partial charge in [0.25, 0.3) is 0 Å². The van der Waals surface area contributed by atoms with Crippen LogP contribution in [0, 0.1) is 11.8 Å². The second-order valence-corrected chi connectivity index (χ2v) is 9.29. The molecular weight excluding hydrogens is 340 g/mol. The van der Waals surface area contributed by atoms with Crippen molar-refractivity contribution in [1.29, 1.82) is 0 Å². The molecule has 0 spiro atoms. The molecule has 4 fully saturated rings. The molecule has 0 bridgehead atoms. The fourth-order valence-corrected chi connectivity index (χ4v) is 5.12. The lowest BCUT2D eigenvalue weighted by Gasteiger charge is -2.38. The summed E-state index contributed by atoms with van der Waals surface area (Å²) in [6.07, 6.45) is 12.3. The Bertz CT molecular complexity index is 659. The van der Waals surface area contributed by atoms with Crippen molar-refractivity contribution in [2.75, 3.05) is 26.2 Å². The molecule has 1 atom stereocenters. The lowest BCUT2D eigenvalue weighted by atomic mass is 9.86. The molecule has 0 radical (unpaired) electrons. The van der Waals surface area contributed by atoms with Crippen molar-refractivity contribution < 1.29 is 9.32 Å². The van der Waals surface area contributed by atoms with Gasteiger partial charge >= 0.3 is 0 Å². The van der Waals surface area contributed by atoms with Gasteiger partial charge in [-0.15, -0.1) is 0 Å². The first-order valence-electron chi connectivity index (χ1n) is 11.1. The summed E-state index contributed by atoms with van der Waals surface area (Å²) in [5.41, 5.74) is 0. The highest BCUT2D eigenvalue weighted by molar-refractivity contribution is 5.77. The van der Waals surface area contributed by atoms with Crippen molar-refractivity contribution in [2.24, 2.45) is 11.8 Å². The summed E-state index contributed by atoms with van der Waals surface area (Å²) < 4.78 is 5.65. The molecule has 4 aliphatic rings. The minimum Gasteiger partial charge on any atom is -0.341 e. The van der Waals surface area contributed by atoms with Crippen LogP contribution in [0.2, 0.25) is 0 Å². The van der Waals surface area contributed by atoms with E-state index in [9.17, 15) is 4.79 Å². The topological polar surface area (TPSA) is 62.5 Å². The number of rotatable bonds is 6. The number of amides is 1. The zero-order chi connectivity index (χ0) is 18.2. The van der Waals surface area contributed by atoms with Gasteiger partial charge in [0.2, 0.25) is 11.8 Å². The van der Waals surface area contributed by atoms with Crippen molar-refractivity contribution in [3.63, 3.8) is 0 Å². The van der Waals surface area contributed by atoms with Gasteiger partial charge in [-0.05, 0) is 56.9 Å². The average molecular weight is 373 g/mol. The van der Waals surface area contributed by atoms with Gasteiger partial charge in [-0.2, -0.15) is 4.98 Å². The molecule has 2 saturated heterocycles. The maximum absolute atomic E-state index is 12.5. The maximum Gasteiger partial charge on any atom is 0.244 e. The standard InChI is InChI=1S/C21H32N4O2/c26-19(11-15-5-2-1-3-6-15)25-13-17(14-25)20-22-21(27-23-20)18-7-4-10-24(18)12-16-8-9-16/h15-18H,1-14H2. The summed E-state index contributed by atoms with van der Waals surface area (Å²) in [5.74, 6) is 3.70. The zero-order valence-electron chi connectivity index (χ0n) is 16.3. The molecule has 3 heterocycles. The first-order chi connectivity index (χ1) is 13.3. The van der Waals surface area contributed by atoms with Gasteiger partial charge in [-0.1, -0.05) is 24.4 Å². The summed E-state index contributed by atoms with van der Waals surface area (Å²) in [6.45, 7) is 3.88. The van der Waals surface area contributed by atoms with Crippen LogP contribution in [0.25, 0.3) is 0 Å². The molecule has 6 nitrogen and oxygen atoms in total. The first-order valence-corrected chi connectivity index (χ1v) is 11.1. The minimum absolute atomic E-state index is 0.260. The number of likely N-dealkylation sites (tertiary alicyclic amines) is 2. The number of nitrogens with zero attached hydrogens (tertiary/aromatic N) is 4. The summed E-state index contributed by atoms with van der Waals surface area (Å²) in [6, 6.07) is 0.316. The molecule has 1 unspecified atom stereocenters. The third-order valence-electron chi connectivity index (χ3n) is 7.08. The molecule has 148 valence electrons. The number of hydrogen-bond donors (Lipinski definition) is 0. The van der Waals surface area contributed by atoms with E-state index in [1.54, 1.807) is 0 Å². The molecule has 2 saturated carbocycles. The first kappa shape index (κ1) is 17.7. The predicted molar refractivity (Wildman–Crippen MR) is 101 cm³/mol. The third-order valence-corrected chi connectivity index (χ3v) is 7.08. The van der Waals surface area contributed by atoms with Gasteiger partial charge in [-0.25, -0.2) is 0 Å². The quantitative estimate of drug-likeness (QED) is 0.765. The van der Waals surface area contributed by atoms with Crippen LogP contribution in [0.3, 0.4) is 0 Å². The fourth-order valence-electron chi connectivity index (χ4n) is 5.12. The largest absolute Gasteiger partial charge is 0.341 e. The van der Waals surface area contributed by atoms with Crippen LogP contribution < -0.4 is 0 Å². The monoisotopic (exact) mass is 372 g/mol. The van der Waals surface area contributed by atoms with Crippen molar-refractivity contribution in [2.45, 2.75) is 76.2 Å². The number of hydrogen-bond acceptors (Lipinski definition) is 5. The van der Waals surface area contributed by atoms with Crippen LogP contribution in [0.5, 0.6) is 0 Å². The van der Waals surface area contributed by atoms with Crippen LogP contribution in [0.1, 0.15) is 87.9 Å². The van der Waals surface area contributed by atoms with E-state index in [0.717, 1.165) is 50.1 Å². The molecule has 1 amide bonds. The summed E-state index contributed by atoms with van der Waals surface area (Å²) in [5, 5.41) is 4.27. The normalized spacial score (nSPS) is 27.9. The highest BCUT2D eigenvalue weighted by Crippen LogP contribution is 2.38. The second-order valence-electron chi connectivity index (χ2n) is 9.29. The SMILES string of the molecule is O=C(CC1CCCCC1)N1CC(c2noc(C3CCCN3CC3CC3)n2)C1. The minimum atomic E-state index is 0.260. The summed E-state index contributed by atoms with van der Waals surface area (Å²) in [7, 11) is 0. The van der Waals surface area contributed by atoms with E-state index in [1.165, 1.54) is 57.9 Å². The second kappa shape index (κ2) is 7.53. The lowest BCUT2D eigenvalue weighted by Crippen LogP contribution is -2.49. The predicted octanol–water partition coefficient (Wildman–Crippen LogP) is 3.51. The molecule has 5 rings (SSSR count). The van der Waals surface area contributed by atoms with E-state index < -0.39 is 0 Å². The Kier molecular flexibility index (Phi) is 4.92. The molecule has 6 heteroatoms.